The Labute approximate surface area is 47.6 Å². The molecule has 0 aliphatic carbocycles. The van der Waals surface area contributed by atoms with Gasteiger partial charge in [0.05, 0.1) is 19.8 Å². The predicted molar refractivity (Wildman–Crippen MR) is 26.3 cm³/mol. The number of rotatable bonds is 1. The van der Waals surface area contributed by atoms with Crippen LogP contribution in [0.25, 0.3) is 0 Å². The maximum atomic E-state index is 9.83. The van der Waals surface area contributed by atoms with Crippen LogP contribution in [0.3, 0.4) is 0 Å². The van der Waals surface area contributed by atoms with Crippen molar-refractivity contribution in [3.8, 4) is 0 Å². The molecule has 0 spiro atoms. The fourth-order valence-corrected chi connectivity index (χ4v) is 0.556. The Balaban J connectivity index is 2.22. The topological polar surface area (TPSA) is 35.5 Å². The summed E-state index contributed by atoms with van der Waals surface area (Å²) < 4.78 is 9.76. The number of hydrogen-bond acceptors (Lipinski definition) is 3. The molecule has 3 heteroatoms. The summed E-state index contributed by atoms with van der Waals surface area (Å²) in [6.07, 6.45) is 1.27. The van der Waals surface area contributed by atoms with E-state index in [4.69, 9.17) is 9.47 Å². The fraction of sp³-hybridized carbons (Fsp3) is 0.800. The second-order valence-corrected chi connectivity index (χ2v) is 1.55. The third-order valence-corrected chi connectivity index (χ3v) is 0.947. The van der Waals surface area contributed by atoms with E-state index >= 15 is 0 Å². The first kappa shape index (κ1) is 5.72. The average molecular weight is 115 g/mol. The summed E-state index contributed by atoms with van der Waals surface area (Å²) in [6, 6.07) is 0. The minimum absolute atomic E-state index is 0.365. The molecule has 1 saturated heterocycles. The monoisotopic (exact) mass is 115 g/mol. The van der Waals surface area contributed by atoms with Crippen LogP contribution in [0.5, 0.6) is 0 Å². The zero-order valence-electron chi connectivity index (χ0n) is 4.42. The maximum absolute atomic E-state index is 9.83. The van der Waals surface area contributed by atoms with Crippen molar-refractivity contribution in [2.24, 2.45) is 0 Å². The van der Waals surface area contributed by atoms with Gasteiger partial charge in [-0.1, -0.05) is 0 Å². The van der Waals surface area contributed by atoms with Crippen molar-refractivity contribution in [2.45, 2.75) is 6.10 Å². The van der Waals surface area contributed by atoms with Gasteiger partial charge in [-0.05, 0) is 0 Å². The lowest BCUT2D eigenvalue weighted by molar-refractivity contribution is -0.0598. The predicted octanol–water partition coefficient (Wildman–Crippen LogP) is -0.489. The standard InChI is InChI=1S/C5H7O3/c6-3-5-4-7-1-2-8-5/h5H,1-2,4H2. The highest BCUT2D eigenvalue weighted by molar-refractivity contribution is 5.57. The minimum Gasteiger partial charge on any atom is -0.376 e. The van der Waals surface area contributed by atoms with Crippen LogP contribution < -0.4 is 0 Å². The highest BCUT2D eigenvalue weighted by Gasteiger charge is 2.12. The van der Waals surface area contributed by atoms with Crippen molar-refractivity contribution >= 4 is 6.29 Å². The van der Waals surface area contributed by atoms with Crippen LogP contribution in [-0.4, -0.2) is 32.2 Å². The van der Waals surface area contributed by atoms with Crippen molar-refractivity contribution < 1.29 is 14.3 Å². The lowest BCUT2D eigenvalue weighted by atomic mass is 10.4. The first-order valence-electron chi connectivity index (χ1n) is 2.50. The molecule has 1 aliphatic heterocycles. The van der Waals surface area contributed by atoms with E-state index in [9.17, 15) is 4.79 Å². The van der Waals surface area contributed by atoms with Crippen molar-refractivity contribution in [3.05, 3.63) is 0 Å². The van der Waals surface area contributed by atoms with Crippen molar-refractivity contribution in [3.63, 3.8) is 0 Å². The SMILES string of the molecule is O=[C]C1COCCO1. The summed E-state index contributed by atoms with van der Waals surface area (Å²) in [5.41, 5.74) is 0. The van der Waals surface area contributed by atoms with Gasteiger partial charge >= 0.3 is 0 Å². The van der Waals surface area contributed by atoms with Gasteiger partial charge in [0.1, 0.15) is 6.10 Å². The highest BCUT2D eigenvalue weighted by atomic mass is 16.6. The smallest absolute Gasteiger partial charge is 0.232 e. The summed E-state index contributed by atoms with van der Waals surface area (Å²) >= 11 is 0. The van der Waals surface area contributed by atoms with E-state index in [-0.39, 0.29) is 0 Å². The molecule has 1 radical (unpaired) electrons. The summed E-state index contributed by atoms with van der Waals surface area (Å²) in [4.78, 5) is 9.83. The van der Waals surface area contributed by atoms with Crippen LogP contribution in [-0.2, 0) is 14.3 Å². The summed E-state index contributed by atoms with van der Waals surface area (Å²) in [6.45, 7) is 1.47. The lowest BCUT2D eigenvalue weighted by Crippen LogP contribution is -2.29. The second-order valence-electron chi connectivity index (χ2n) is 1.55. The molecule has 1 heterocycles. The van der Waals surface area contributed by atoms with Crippen LogP contribution >= 0.6 is 0 Å². The van der Waals surface area contributed by atoms with E-state index in [2.05, 4.69) is 0 Å². The van der Waals surface area contributed by atoms with Gasteiger partial charge in [-0.2, -0.15) is 0 Å². The average Bonchev–Trinajstić information content (AvgIpc) is 1.90. The van der Waals surface area contributed by atoms with Gasteiger partial charge in [0.2, 0.25) is 6.29 Å². The van der Waals surface area contributed by atoms with Gasteiger partial charge in [0.25, 0.3) is 0 Å². The first-order valence-corrected chi connectivity index (χ1v) is 2.50. The molecule has 0 amide bonds. The molecule has 0 saturated carbocycles. The summed E-state index contributed by atoms with van der Waals surface area (Å²) in [7, 11) is 0. The van der Waals surface area contributed by atoms with Crippen molar-refractivity contribution in [1.82, 2.24) is 0 Å². The molecule has 0 N–H and O–H groups in total. The Morgan fingerprint density at radius 1 is 1.50 bits per heavy atom. The van der Waals surface area contributed by atoms with E-state index in [0.717, 1.165) is 0 Å². The third-order valence-electron chi connectivity index (χ3n) is 0.947. The quantitative estimate of drug-likeness (QED) is 0.462. The fourth-order valence-electron chi connectivity index (χ4n) is 0.556. The molecule has 1 unspecified atom stereocenters. The molecule has 0 aromatic heterocycles. The first-order chi connectivity index (χ1) is 3.93. The lowest BCUT2D eigenvalue weighted by Gasteiger charge is -2.16. The number of carbonyl (C=O) groups excluding carboxylic acids is 1. The minimum atomic E-state index is -0.441. The molecule has 0 aromatic carbocycles. The summed E-state index contributed by atoms with van der Waals surface area (Å²) in [5, 5.41) is 0. The largest absolute Gasteiger partial charge is 0.376 e. The zero-order chi connectivity index (χ0) is 5.82. The molecule has 1 fully saturated rings. The third kappa shape index (κ3) is 1.28. The Morgan fingerprint density at radius 3 is 2.75 bits per heavy atom. The Bertz CT molecular complexity index is 75.7. The summed E-state index contributed by atoms with van der Waals surface area (Å²) in [5.74, 6) is 0. The Hall–Kier alpha value is -0.410. The Morgan fingerprint density at radius 2 is 2.38 bits per heavy atom. The van der Waals surface area contributed by atoms with Gasteiger partial charge in [0, 0.05) is 0 Å². The van der Waals surface area contributed by atoms with E-state index in [1.165, 1.54) is 0 Å². The number of ether oxygens (including phenoxy) is 2. The molecule has 1 atom stereocenters. The maximum Gasteiger partial charge on any atom is 0.232 e. The molecule has 3 nitrogen and oxygen atoms in total. The van der Waals surface area contributed by atoms with Gasteiger partial charge in [-0.3, -0.25) is 4.79 Å². The van der Waals surface area contributed by atoms with E-state index in [1.807, 2.05) is 0 Å². The van der Waals surface area contributed by atoms with E-state index < -0.39 is 6.10 Å². The molecular weight excluding hydrogens is 108 g/mol. The molecule has 1 rings (SSSR count). The van der Waals surface area contributed by atoms with Gasteiger partial charge in [0.15, 0.2) is 0 Å². The van der Waals surface area contributed by atoms with Crippen LogP contribution in [0.1, 0.15) is 0 Å². The molecule has 1 aliphatic rings. The van der Waals surface area contributed by atoms with E-state index in [0.29, 0.717) is 19.8 Å². The van der Waals surface area contributed by atoms with Gasteiger partial charge < -0.3 is 9.47 Å². The molecule has 0 bridgehead atoms. The van der Waals surface area contributed by atoms with Gasteiger partial charge in [-0.15, -0.1) is 0 Å². The van der Waals surface area contributed by atoms with Crippen LogP contribution in [0.4, 0.5) is 0 Å². The highest BCUT2D eigenvalue weighted by Crippen LogP contribution is 1.95. The zero-order valence-corrected chi connectivity index (χ0v) is 4.42. The van der Waals surface area contributed by atoms with Crippen LogP contribution in [0, 0.1) is 0 Å². The second kappa shape index (κ2) is 2.79. The Kier molecular flexibility index (Phi) is 2.00. The van der Waals surface area contributed by atoms with Crippen LogP contribution in [0.15, 0.2) is 0 Å². The van der Waals surface area contributed by atoms with Crippen LogP contribution in [0.2, 0.25) is 0 Å². The molecule has 0 aromatic rings. The van der Waals surface area contributed by atoms with Crippen molar-refractivity contribution in [2.75, 3.05) is 19.8 Å². The van der Waals surface area contributed by atoms with Crippen molar-refractivity contribution in [1.29, 1.82) is 0 Å². The normalized spacial score (nSPS) is 29.8. The molecular formula is C5H7O3. The van der Waals surface area contributed by atoms with Gasteiger partial charge in [-0.25, -0.2) is 0 Å². The molecule has 45 valence electrons. The van der Waals surface area contributed by atoms with E-state index in [1.54, 1.807) is 6.29 Å². The number of hydrogen-bond donors (Lipinski definition) is 0. The molecule has 8 heavy (non-hydrogen) atoms.